The Kier molecular flexibility index (Phi) is 4.21. The molecule has 0 aliphatic carbocycles. The van der Waals surface area contributed by atoms with Crippen molar-refractivity contribution in [3.63, 3.8) is 0 Å². The van der Waals surface area contributed by atoms with E-state index in [9.17, 15) is 26.3 Å². The molecule has 0 atom stereocenters. The van der Waals surface area contributed by atoms with Crippen LogP contribution in [0, 0.1) is 0 Å². The molecule has 0 heterocycles. The molecule has 68 valence electrons. The van der Waals surface area contributed by atoms with Gasteiger partial charge in [-0.15, -0.1) is 0 Å². The van der Waals surface area contributed by atoms with Gasteiger partial charge in [0, 0.05) is 0 Å². The summed E-state index contributed by atoms with van der Waals surface area (Å²) in [5, 5.41) is -9.25. The second kappa shape index (κ2) is 4.00. The molecular weight excluding hydrogens is 312 g/mol. The predicted octanol–water partition coefficient (Wildman–Crippen LogP) is 1.28. The molecule has 11 heavy (non-hydrogen) atoms. The Morgan fingerprint density at radius 3 is 1.18 bits per heavy atom. The predicted molar refractivity (Wildman–Crippen MR) is 24.7 cm³/mol. The number of hydrogen-bond donors (Lipinski definition) is 0. The van der Waals surface area contributed by atoms with Crippen molar-refractivity contribution in [2.45, 2.75) is 10.1 Å². The third-order valence-electron chi connectivity index (χ3n) is 0.257. The Morgan fingerprint density at radius 2 is 1.00 bits per heavy atom. The van der Waals surface area contributed by atoms with Gasteiger partial charge in [0.1, 0.15) is 0 Å². The summed E-state index contributed by atoms with van der Waals surface area (Å²) in [6.07, 6.45) is 0. The summed E-state index contributed by atoms with van der Waals surface area (Å²) in [5.74, 6) is 0. The third kappa shape index (κ3) is 10.6. The van der Waals surface area contributed by atoms with E-state index in [0.717, 1.165) is 0 Å². The average molecular weight is 312 g/mol. The van der Waals surface area contributed by atoms with Gasteiger partial charge in [-0.1, -0.05) is 0 Å². The van der Waals surface area contributed by atoms with Crippen LogP contribution in [-0.4, -0.2) is 40.7 Å². The van der Waals surface area contributed by atoms with Crippen molar-refractivity contribution < 1.29 is 29.2 Å². The van der Waals surface area contributed by atoms with Gasteiger partial charge in [-0.2, -0.15) is 0 Å². The van der Waals surface area contributed by atoms with E-state index >= 15 is 0 Å². The number of alkyl halides is 6. The first kappa shape index (κ1) is 11.6. The number of halogens is 6. The van der Waals surface area contributed by atoms with Crippen LogP contribution in [0.1, 0.15) is 0 Å². The molecule has 0 radical (unpaired) electrons. The molecule has 9 heteroatoms. The zero-order valence-corrected chi connectivity index (χ0v) is 7.92. The molecular formula is C2F6OSe2. The van der Waals surface area contributed by atoms with Gasteiger partial charge >= 0.3 is 70.0 Å². The van der Waals surface area contributed by atoms with Crippen LogP contribution < -0.4 is 0 Å². The molecule has 0 N–H and O–H groups in total. The topological polar surface area (TPSA) is 9.23 Å². The average Bonchev–Trinajstić information content (AvgIpc) is 1.55. The van der Waals surface area contributed by atoms with Gasteiger partial charge in [-0.05, 0) is 0 Å². The molecule has 0 aliphatic rings. The molecule has 0 unspecified atom stereocenters. The Bertz CT molecular complexity index is 103. The second-order valence-electron chi connectivity index (χ2n) is 1.13. The van der Waals surface area contributed by atoms with Gasteiger partial charge in [0.05, 0.1) is 0 Å². The molecule has 0 amide bonds. The van der Waals surface area contributed by atoms with Crippen LogP contribution in [0.2, 0.25) is 0 Å². The summed E-state index contributed by atoms with van der Waals surface area (Å²) in [6, 6.07) is 0. The Morgan fingerprint density at radius 1 is 0.727 bits per heavy atom. The molecule has 0 rings (SSSR count). The molecule has 0 fully saturated rings. The first-order valence-corrected chi connectivity index (χ1v) is 4.99. The summed E-state index contributed by atoms with van der Waals surface area (Å²) >= 11 is -4.74. The molecule has 0 bridgehead atoms. The number of rotatable bonds is 2. The standard InChI is InChI=1S/C2F6OSe2/c3-1(4,5)10-9-11-2(6,7)8. The Labute approximate surface area is 70.4 Å². The molecule has 0 spiro atoms. The van der Waals surface area contributed by atoms with Gasteiger partial charge in [0.25, 0.3) is 0 Å². The van der Waals surface area contributed by atoms with E-state index in [4.69, 9.17) is 0 Å². The maximum atomic E-state index is 11.2. The van der Waals surface area contributed by atoms with Gasteiger partial charge < -0.3 is 0 Å². The van der Waals surface area contributed by atoms with E-state index in [1.54, 1.807) is 0 Å². The van der Waals surface area contributed by atoms with Crippen LogP contribution in [0.5, 0.6) is 0 Å². The molecule has 0 aromatic rings. The molecule has 0 aromatic heterocycles. The summed E-state index contributed by atoms with van der Waals surface area (Å²) in [4.78, 5) is 0. The quantitative estimate of drug-likeness (QED) is 0.551. The van der Waals surface area contributed by atoms with Crippen LogP contribution in [0.15, 0.2) is 0 Å². The fourth-order valence-corrected chi connectivity index (χ4v) is 2.54. The normalized spacial score (nSPS) is 13.6. The zero-order valence-electron chi connectivity index (χ0n) is 4.49. The van der Waals surface area contributed by atoms with Crippen LogP contribution in [0.25, 0.3) is 0 Å². The monoisotopic (exact) mass is 314 g/mol. The molecule has 1 nitrogen and oxygen atoms in total. The summed E-state index contributed by atoms with van der Waals surface area (Å²) < 4.78 is 70.5. The SMILES string of the molecule is FC(F)(F)[Se]O[Se]C(F)(F)F. The van der Waals surface area contributed by atoms with E-state index in [0.29, 0.717) is 0 Å². The van der Waals surface area contributed by atoms with E-state index < -0.39 is 40.7 Å². The second-order valence-corrected chi connectivity index (χ2v) is 5.54. The van der Waals surface area contributed by atoms with Crippen molar-refractivity contribution >= 4 is 30.6 Å². The first-order valence-electron chi connectivity index (χ1n) is 1.88. The first-order chi connectivity index (χ1) is 4.71. The van der Waals surface area contributed by atoms with Crippen molar-refractivity contribution in [2.24, 2.45) is 0 Å². The van der Waals surface area contributed by atoms with E-state index in [1.165, 1.54) is 0 Å². The van der Waals surface area contributed by atoms with Crippen molar-refractivity contribution in [1.29, 1.82) is 0 Å². The summed E-state index contributed by atoms with van der Waals surface area (Å²) in [5.41, 5.74) is 0. The fourth-order valence-electron chi connectivity index (χ4n) is 0.0942. The van der Waals surface area contributed by atoms with Crippen LogP contribution >= 0.6 is 0 Å². The van der Waals surface area contributed by atoms with Crippen molar-refractivity contribution in [2.75, 3.05) is 0 Å². The third-order valence-corrected chi connectivity index (χ3v) is 2.82. The van der Waals surface area contributed by atoms with Crippen molar-refractivity contribution in [3.05, 3.63) is 0 Å². The van der Waals surface area contributed by atoms with Crippen LogP contribution in [0.3, 0.4) is 0 Å². The molecule has 0 saturated carbocycles. The van der Waals surface area contributed by atoms with Gasteiger partial charge in [-0.25, -0.2) is 0 Å². The molecule has 0 aromatic carbocycles. The minimum absolute atomic E-state index is 2.37. The van der Waals surface area contributed by atoms with Crippen LogP contribution in [-0.2, 0) is 2.90 Å². The zero-order chi connectivity index (χ0) is 9.12. The molecule has 0 aliphatic heterocycles. The Hall–Kier alpha value is 0.579. The fraction of sp³-hybridized carbons (Fsp3) is 1.00. The van der Waals surface area contributed by atoms with Gasteiger partial charge in [0.2, 0.25) is 0 Å². The molecule has 0 saturated heterocycles. The Balaban J connectivity index is 3.44. The van der Waals surface area contributed by atoms with E-state index in [1.807, 2.05) is 0 Å². The minimum atomic E-state index is -4.62. The van der Waals surface area contributed by atoms with Gasteiger partial charge in [0.15, 0.2) is 0 Å². The van der Waals surface area contributed by atoms with E-state index in [2.05, 4.69) is 2.90 Å². The summed E-state index contributed by atoms with van der Waals surface area (Å²) in [6.45, 7) is 0. The van der Waals surface area contributed by atoms with Crippen LogP contribution in [0.4, 0.5) is 26.3 Å². The van der Waals surface area contributed by atoms with Gasteiger partial charge in [-0.3, -0.25) is 0 Å². The van der Waals surface area contributed by atoms with Crippen molar-refractivity contribution in [1.82, 2.24) is 0 Å². The maximum absolute atomic E-state index is 11.2. The number of hydrogen-bond acceptors (Lipinski definition) is 1. The van der Waals surface area contributed by atoms with E-state index in [-0.39, 0.29) is 0 Å². The van der Waals surface area contributed by atoms with Crippen molar-refractivity contribution in [3.8, 4) is 0 Å². The summed E-state index contributed by atoms with van der Waals surface area (Å²) in [7, 11) is 0.